The average Bonchev–Trinajstić information content (AvgIpc) is 2.25. The monoisotopic (exact) mass is 237 g/mol. The fourth-order valence-electron chi connectivity index (χ4n) is 5.28. The van der Waals surface area contributed by atoms with Gasteiger partial charge in [0.25, 0.3) is 0 Å². The van der Waals surface area contributed by atoms with Crippen molar-refractivity contribution in [3.63, 3.8) is 0 Å². The summed E-state index contributed by atoms with van der Waals surface area (Å²) in [7, 11) is 2.14. The summed E-state index contributed by atoms with van der Waals surface area (Å²) in [6.45, 7) is 12.6. The Hall–Kier alpha value is -0.0400. The molecule has 2 saturated carbocycles. The molecule has 0 radical (unpaired) electrons. The maximum Gasteiger partial charge on any atom is 0.00694 e. The zero-order valence-electron chi connectivity index (χ0n) is 12.7. The minimum atomic E-state index is 0.498. The first-order chi connectivity index (χ1) is 7.77. The van der Waals surface area contributed by atoms with Gasteiger partial charge in [-0.1, -0.05) is 41.0 Å². The molecule has 17 heavy (non-hydrogen) atoms. The Balaban J connectivity index is 2.31. The van der Waals surface area contributed by atoms with Crippen LogP contribution in [0.3, 0.4) is 0 Å². The maximum absolute atomic E-state index is 3.54. The Morgan fingerprint density at radius 2 is 1.71 bits per heavy atom. The van der Waals surface area contributed by atoms with E-state index < -0.39 is 0 Å². The van der Waals surface area contributed by atoms with E-state index in [1.54, 1.807) is 0 Å². The summed E-state index contributed by atoms with van der Waals surface area (Å²) in [4.78, 5) is 0. The van der Waals surface area contributed by atoms with Crippen LogP contribution in [0.2, 0.25) is 0 Å². The zero-order valence-corrected chi connectivity index (χ0v) is 12.7. The van der Waals surface area contributed by atoms with Gasteiger partial charge in [-0.3, -0.25) is 0 Å². The van der Waals surface area contributed by atoms with E-state index in [2.05, 4.69) is 47.0 Å². The molecule has 0 heterocycles. The highest BCUT2D eigenvalue weighted by atomic mass is 14.9. The molecule has 0 aromatic rings. The van der Waals surface area contributed by atoms with Crippen LogP contribution < -0.4 is 5.32 Å². The SMILES string of the molecule is CNC1CCCC(C)(C)C2(C)C(C)CC2(C)C1. The molecule has 1 heteroatoms. The fraction of sp³-hybridized carbons (Fsp3) is 1.00. The topological polar surface area (TPSA) is 12.0 Å². The first kappa shape index (κ1) is 13.4. The lowest BCUT2D eigenvalue weighted by Crippen LogP contribution is -2.63. The van der Waals surface area contributed by atoms with Crippen LogP contribution in [0.5, 0.6) is 0 Å². The van der Waals surface area contributed by atoms with Crippen molar-refractivity contribution in [3.05, 3.63) is 0 Å². The molecule has 0 bridgehead atoms. The Labute approximate surface area is 108 Å². The highest BCUT2D eigenvalue weighted by Crippen LogP contribution is 2.71. The number of fused-ring (bicyclic) bond motifs is 1. The van der Waals surface area contributed by atoms with E-state index >= 15 is 0 Å². The molecule has 4 unspecified atom stereocenters. The molecule has 0 aromatic carbocycles. The van der Waals surface area contributed by atoms with E-state index in [4.69, 9.17) is 0 Å². The van der Waals surface area contributed by atoms with E-state index in [9.17, 15) is 0 Å². The first-order valence-electron chi connectivity index (χ1n) is 7.44. The van der Waals surface area contributed by atoms with Crippen LogP contribution in [0.15, 0.2) is 0 Å². The summed E-state index contributed by atoms with van der Waals surface area (Å²) >= 11 is 0. The van der Waals surface area contributed by atoms with Crippen LogP contribution in [-0.4, -0.2) is 13.1 Å². The number of hydrogen-bond acceptors (Lipinski definition) is 1. The van der Waals surface area contributed by atoms with Gasteiger partial charge in [-0.15, -0.1) is 0 Å². The van der Waals surface area contributed by atoms with Gasteiger partial charge in [-0.25, -0.2) is 0 Å². The Bertz CT molecular complexity index is 296. The van der Waals surface area contributed by atoms with Gasteiger partial charge in [0.1, 0.15) is 0 Å². The number of rotatable bonds is 1. The molecule has 0 amide bonds. The molecular weight excluding hydrogens is 206 g/mol. The van der Waals surface area contributed by atoms with Crippen molar-refractivity contribution in [3.8, 4) is 0 Å². The molecule has 2 rings (SSSR count). The second kappa shape index (κ2) is 3.98. The van der Waals surface area contributed by atoms with Gasteiger partial charge in [0, 0.05) is 6.04 Å². The molecule has 100 valence electrons. The van der Waals surface area contributed by atoms with Gasteiger partial charge in [0.15, 0.2) is 0 Å². The smallest absolute Gasteiger partial charge is 0.00694 e. The molecule has 0 saturated heterocycles. The molecule has 2 aliphatic rings. The number of nitrogens with one attached hydrogen (secondary N) is 1. The quantitative estimate of drug-likeness (QED) is 0.720. The second-order valence-electron chi connectivity index (χ2n) is 7.83. The first-order valence-corrected chi connectivity index (χ1v) is 7.44. The molecular formula is C16H31N. The summed E-state index contributed by atoms with van der Waals surface area (Å²) in [6, 6.07) is 0.739. The van der Waals surface area contributed by atoms with E-state index in [0.717, 1.165) is 12.0 Å². The predicted octanol–water partition coefficient (Wildman–Crippen LogP) is 4.23. The van der Waals surface area contributed by atoms with Crippen LogP contribution in [0, 0.1) is 22.2 Å². The minimum Gasteiger partial charge on any atom is -0.317 e. The molecule has 0 spiro atoms. The summed E-state index contributed by atoms with van der Waals surface area (Å²) in [6.07, 6.45) is 6.93. The molecule has 1 nitrogen and oxygen atoms in total. The summed E-state index contributed by atoms with van der Waals surface area (Å²) < 4.78 is 0. The molecule has 4 atom stereocenters. The van der Waals surface area contributed by atoms with Gasteiger partial charge in [0.2, 0.25) is 0 Å². The van der Waals surface area contributed by atoms with Gasteiger partial charge >= 0.3 is 0 Å². The lowest BCUT2D eigenvalue weighted by molar-refractivity contribution is -0.203. The highest BCUT2D eigenvalue weighted by Gasteiger charge is 2.64. The van der Waals surface area contributed by atoms with E-state index in [0.29, 0.717) is 16.2 Å². The van der Waals surface area contributed by atoms with Crippen molar-refractivity contribution in [2.45, 2.75) is 72.8 Å². The minimum absolute atomic E-state index is 0.498. The number of hydrogen-bond donors (Lipinski definition) is 1. The van der Waals surface area contributed by atoms with Crippen molar-refractivity contribution >= 4 is 0 Å². The normalized spacial score (nSPS) is 49.8. The van der Waals surface area contributed by atoms with Gasteiger partial charge in [0.05, 0.1) is 0 Å². The van der Waals surface area contributed by atoms with Crippen LogP contribution >= 0.6 is 0 Å². The van der Waals surface area contributed by atoms with E-state index in [1.165, 1.54) is 32.1 Å². The third kappa shape index (κ3) is 1.69. The van der Waals surface area contributed by atoms with E-state index in [-0.39, 0.29) is 0 Å². The molecule has 0 aliphatic heterocycles. The summed E-state index contributed by atoms with van der Waals surface area (Å²) in [5, 5.41) is 3.54. The van der Waals surface area contributed by atoms with Gasteiger partial charge < -0.3 is 5.32 Å². The zero-order chi connectivity index (χ0) is 12.9. The lowest BCUT2D eigenvalue weighted by Gasteiger charge is -2.69. The van der Waals surface area contributed by atoms with Crippen molar-refractivity contribution in [2.75, 3.05) is 7.05 Å². The van der Waals surface area contributed by atoms with Crippen molar-refractivity contribution < 1.29 is 0 Å². The largest absolute Gasteiger partial charge is 0.317 e. The van der Waals surface area contributed by atoms with Gasteiger partial charge in [-0.05, 0) is 54.9 Å². The van der Waals surface area contributed by atoms with E-state index in [1.807, 2.05) is 0 Å². The second-order valence-corrected chi connectivity index (χ2v) is 7.83. The molecule has 0 aromatic heterocycles. The summed E-state index contributed by atoms with van der Waals surface area (Å²) in [5.74, 6) is 0.887. The predicted molar refractivity (Wildman–Crippen MR) is 75.1 cm³/mol. The van der Waals surface area contributed by atoms with Crippen molar-refractivity contribution in [1.82, 2.24) is 5.32 Å². The van der Waals surface area contributed by atoms with Crippen LogP contribution in [0.25, 0.3) is 0 Å². The third-order valence-electron chi connectivity index (χ3n) is 6.86. The van der Waals surface area contributed by atoms with Crippen molar-refractivity contribution in [1.29, 1.82) is 0 Å². The maximum atomic E-state index is 3.54. The van der Waals surface area contributed by atoms with Crippen LogP contribution in [0.1, 0.15) is 66.7 Å². The van der Waals surface area contributed by atoms with Crippen LogP contribution in [0.4, 0.5) is 0 Å². The van der Waals surface area contributed by atoms with Crippen LogP contribution in [-0.2, 0) is 0 Å². The van der Waals surface area contributed by atoms with Crippen molar-refractivity contribution in [2.24, 2.45) is 22.2 Å². The van der Waals surface area contributed by atoms with Gasteiger partial charge in [-0.2, -0.15) is 0 Å². The molecule has 2 fully saturated rings. The average molecular weight is 237 g/mol. The Kier molecular flexibility index (Phi) is 3.14. The standard InChI is InChI=1S/C16H31N/c1-12-10-15(4)11-13(17-6)8-7-9-14(2,3)16(12,15)5/h12-13,17H,7-11H2,1-6H3. The highest BCUT2D eigenvalue weighted by molar-refractivity contribution is 5.13. The molecule has 2 aliphatic carbocycles. The Morgan fingerprint density at radius 3 is 2.24 bits per heavy atom. The lowest BCUT2D eigenvalue weighted by atomic mass is 9.35. The fourth-order valence-corrected chi connectivity index (χ4v) is 5.28. The molecule has 1 N–H and O–H groups in total. The summed E-state index contributed by atoms with van der Waals surface area (Å²) in [5.41, 5.74) is 1.57. The third-order valence-corrected chi connectivity index (χ3v) is 6.86. The Morgan fingerprint density at radius 1 is 1.06 bits per heavy atom.